The van der Waals surface area contributed by atoms with Gasteiger partial charge in [0.15, 0.2) is 0 Å². The van der Waals surface area contributed by atoms with Gasteiger partial charge in [-0.15, -0.1) is 0 Å². The molecular weight excluding hydrogens is 344 g/mol. The fraction of sp³-hybridized carbons (Fsp3) is 0.350. The van der Waals surface area contributed by atoms with E-state index in [-0.39, 0.29) is 11.8 Å². The summed E-state index contributed by atoms with van der Waals surface area (Å²) >= 11 is 1.58. The molecule has 0 aliphatic carbocycles. The van der Waals surface area contributed by atoms with Crippen molar-refractivity contribution in [2.45, 2.75) is 19.8 Å². The Morgan fingerprint density at radius 1 is 1.31 bits per heavy atom. The third-order valence-corrected chi connectivity index (χ3v) is 6.00. The van der Waals surface area contributed by atoms with E-state index >= 15 is 0 Å². The van der Waals surface area contributed by atoms with Gasteiger partial charge in [0.25, 0.3) is 0 Å². The molecule has 26 heavy (non-hydrogen) atoms. The summed E-state index contributed by atoms with van der Waals surface area (Å²) in [5.74, 6) is 0.172. The number of rotatable bonds is 3. The highest BCUT2D eigenvalue weighted by Crippen LogP contribution is 2.34. The van der Waals surface area contributed by atoms with Crippen LogP contribution in [0.3, 0.4) is 0 Å². The minimum absolute atomic E-state index is 0.0588. The van der Waals surface area contributed by atoms with Crippen LogP contribution >= 0.6 is 11.3 Å². The number of pyridine rings is 1. The number of thiazole rings is 1. The summed E-state index contributed by atoms with van der Waals surface area (Å²) in [6.07, 6.45) is 3.82. The van der Waals surface area contributed by atoms with Crippen molar-refractivity contribution < 1.29 is 4.79 Å². The molecule has 3 aromatic rings. The minimum atomic E-state index is 0.0588. The molecule has 2 aromatic heterocycles. The van der Waals surface area contributed by atoms with E-state index in [0.717, 1.165) is 58.1 Å². The van der Waals surface area contributed by atoms with Gasteiger partial charge in [0.05, 0.1) is 5.92 Å². The lowest BCUT2D eigenvalue weighted by Crippen LogP contribution is -2.38. The molecule has 1 amide bonds. The van der Waals surface area contributed by atoms with Gasteiger partial charge in [-0.1, -0.05) is 23.5 Å². The van der Waals surface area contributed by atoms with Crippen LogP contribution in [0.25, 0.3) is 20.9 Å². The lowest BCUT2D eigenvalue weighted by Gasteiger charge is -2.29. The second-order valence-electron chi connectivity index (χ2n) is 6.92. The van der Waals surface area contributed by atoms with Crippen LogP contribution in [0.1, 0.15) is 18.4 Å². The Labute approximate surface area is 157 Å². The van der Waals surface area contributed by atoms with E-state index in [4.69, 9.17) is 4.98 Å². The molecule has 1 aromatic carbocycles. The van der Waals surface area contributed by atoms with Crippen LogP contribution in [0.4, 0.5) is 5.69 Å². The van der Waals surface area contributed by atoms with Gasteiger partial charge >= 0.3 is 0 Å². The number of likely N-dealkylation sites (tertiary alicyclic amines) is 1. The minimum Gasteiger partial charge on any atom is -0.326 e. The van der Waals surface area contributed by atoms with Crippen LogP contribution in [0.2, 0.25) is 0 Å². The molecule has 1 fully saturated rings. The van der Waals surface area contributed by atoms with Crippen molar-refractivity contribution >= 4 is 33.3 Å². The molecule has 1 N–H and O–H groups in total. The molecule has 1 saturated heterocycles. The van der Waals surface area contributed by atoms with Crippen LogP contribution in [0.15, 0.2) is 36.5 Å². The van der Waals surface area contributed by atoms with Crippen LogP contribution in [-0.4, -0.2) is 40.9 Å². The van der Waals surface area contributed by atoms with Gasteiger partial charge in [0.2, 0.25) is 5.91 Å². The van der Waals surface area contributed by atoms with Crippen molar-refractivity contribution in [1.82, 2.24) is 14.9 Å². The topological polar surface area (TPSA) is 58.1 Å². The lowest BCUT2D eigenvalue weighted by molar-refractivity contribution is -0.121. The van der Waals surface area contributed by atoms with E-state index in [0.29, 0.717) is 0 Å². The fourth-order valence-electron chi connectivity index (χ4n) is 3.50. The number of carbonyl (C=O) groups is 1. The predicted molar refractivity (Wildman–Crippen MR) is 106 cm³/mol. The number of amides is 1. The van der Waals surface area contributed by atoms with Gasteiger partial charge < -0.3 is 10.2 Å². The zero-order valence-electron chi connectivity index (χ0n) is 15.0. The van der Waals surface area contributed by atoms with E-state index < -0.39 is 0 Å². The molecule has 6 heteroatoms. The Morgan fingerprint density at radius 2 is 2.19 bits per heavy atom. The number of hydrogen-bond donors (Lipinski definition) is 1. The van der Waals surface area contributed by atoms with Crippen LogP contribution in [0, 0.1) is 12.8 Å². The Hall–Kier alpha value is -2.31. The maximum atomic E-state index is 12.7. The van der Waals surface area contributed by atoms with Gasteiger partial charge in [0, 0.05) is 24.0 Å². The number of hydrogen-bond acceptors (Lipinski definition) is 5. The number of nitrogens with one attached hydrogen (secondary N) is 1. The lowest BCUT2D eigenvalue weighted by atomic mass is 9.97. The SMILES string of the molecule is Cc1c(NC(=O)C2CCCN(C)C2)cccc1-c1nc2cccnc2s1. The van der Waals surface area contributed by atoms with Gasteiger partial charge in [-0.2, -0.15) is 0 Å². The molecule has 3 heterocycles. The zero-order valence-corrected chi connectivity index (χ0v) is 15.8. The summed E-state index contributed by atoms with van der Waals surface area (Å²) in [7, 11) is 2.08. The summed E-state index contributed by atoms with van der Waals surface area (Å²) in [5.41, 5.74) is 3.87. The number of fused-ring (bicyclic) bond motifs is 1. The van der Waals surface area contributed by atoms with E-state index in [1.54, 1.807) is 17.5 Å². The molecule has 4 rings (SSSR count). The van der Waals surface area contributed by atoms with Gasteiger partial charge in [-0.3, -0.25) is 4.79 Å². The maximum Gasteiger partial charge on any atom is 0.228 e. The highest BCUT2D eigenvalue weighted by atomic mass is 32.1. The van der Waals surface area contributed by atoms with Crippen molar-refractivity contribution in [2.24, 2.45) is 5.92 Å². The molecule has 0 spiro atoms. The summed E-state index contributed by atoms with van der Waals surface area (Å²) < 4.78 is 0. The molecular formula is C20H22N4OS. The monoisotopic (exact) mass is 366 g/mol. The largest absolute Gasteiger partial charge is 0.326 e. The second kappa shape index (κ2) is 7.13. The highest BCUT2D eigenvalue weighted by Gasteiger charge is 2.24. The van der Waals surface area contributed by atoms with Gasteiger partial charge in [0.1, 0.15) is 15.4 Å². The number of carbonyl (C=O) groups excluding carboxylic acids is 1. The third kappa shape index (κ3) is 3.34. The second-order valence-corrected chi connectivity index (χ2v) is 7.89. The number of anilines is 1. The molecule has 1 unspecified atom stereocenters. The van der Waals surface area contributed by atoms with E-state index in [1.807, 2.05) is 31.2 Å². The first kappa shape index (κ1) is 17.1. The molecule has 0 saturated carbocycles. The van der Waals surface area contributed by atoms with Crippen LogP contribution in [0.5, 0.6) is 0 Å². The van der Waals surface area contributed by atoms with Crippen LogP contribution in [-0.2, 0) is 4.79 Å². The first-order chi connectivity index (χ1) is 12.6. The average Bonchev–Trinajstić information content (AvgIpc) is 3.07. The number of aromatic nitrogens is 2. The molecule has 1 aliphatic rings. The Balaban J connectivity index is 1.60. The molecule has 5 nitrogen and oxygen atoms in total. The first-order valence-corrected chi connectivity index (χ1v) is 9.74. The zero-order chi connectivity index (χ0) is 18.1. The molecule has 0 radical (unpaired) electrons. The summed E-state index contributed by atoms with van der Waals surface area (Å²) in [6.45, 7) is 3.94. The standard InChI is InChI=1S/C20H22N4OS/c1-13-15(19-23-17-9-4-10-21-20(17)26-19)7-3-8-16(13)22-18(25)14-6-5-11-24(2)12-14/h3-4,7-10,14H,5-6,11-12H2,1-2H3,(H,22,25). The quantitative estimate of drug-likeness (QED) is 0.763. The summed E-state index contributed by atoms with van der Waals surface area (Å²) in [4.78, 5) is 24.9. The number of nitrogens with zero attached hydrogens (tertiary/aromatic N) is 3. The molecule has 0 bridgehead atoms. The third-order valence-electron chi connectivity index (χ3n) is 4.98. The normalized spacial score (nSPS) is 18.2. The fourth-order valence-corrected chi connectivity index (χ4v) is 4.49. The van der Waals surface area contributed by atoms with Crippen molar-refractivity contribution in [1.29, 1.82) is 0 Å². The van der Waals surface area contributed by atoms with Crippen LogP contribution < -0.4 is 5.32 Å². The smallest absolute Gasteiger partial charge is 0.228 e. The van der Waals surface area contributed by atoms with Gasteiger partial charge in [-0.05, 0) is 57.1 Å². The maximum absolute atomic E-state index is 12.7. The Kier molecular flexibility index (Phi) is 4.70. The highest BCUT2D eigenvalue weighted by molar-refractivity contribution is 7.21. The van der Waals surface area contributed by atoms with Gasteiger partial charge in [-0.25, -0.2) is 9.97 Å². The summed E-state index contributed by atoms with van der Waals surface area (Å²) in [6, 6.07) is 9.87. The molecule has 1 atom stereocenters. The number of piperidine rings is 1. The van der Waals surface area contributed by atoms with E-state index in [1.165, 1.54) is 0 Å². The predicted octanol–water partition coefficient (Wildman–Crippen LogP) is 3.95. The average molecular weight is 366 g/mol. The Bertz CT molecular complexity index is 919. The van der Waals surface area contributed by atoms with Crippen molar-refractivity contribution in [3.8, 4) is 10.6 Å². The van der Waals surface area contributed by atoms with Crippen molar-refractivity contribution in [3.63, 3.8) is 0 Å². The Morgan fingerprint density at radius 3 is 3.00 bits per heavy atom. The molecule has 134 valence electrons. The van der Waals surface area contributed by atoms with E-state index in [2.05, 4.69) is 28.3 Å². The van der Waals surface area contributed by atoms with E-state index in [9.17, 15) is 4.79 Å². The van der Waals surface area contributed by atoms with Crippen molar-refractivity contribution in [3.05, 3.63) is 42.1 Å². The first-order valence-electron chi connectivity index (χ1n) is 8.93. The number of benzene rings is 1. The van der Waals surface area contributed by atoms with Crippen molar-refractivity contribution in [2.75, 3.05) is 25.5 Å². The molecule has 1 aliphatic heterocycles. The summed E-state index contributed by atoms with van der Waals surface area (Å²) in [5, 5.41) is 4.07.